The molecule has 2 rings (SSSR count). The van der Waals surface area contributed by atoms with Gasteiger partial charge in [-0.05, 0) is 50.4 Å². The van der Waals surface area contributed by atoms with Crippen molar-refractivity contribution in [2.45, 2.75) is 83.5 Å². The molecule has 0 aromatic carbocycles. The molecule has 0 N–H and O–H groups in total. The zero-order valence-corrected chi connectivity index (χ0v) is 12.7. The summed E-state index contributed by atoms with van der Waals surface area (Å²) in [5.41, 5.74) is 0. The lowest BCUT2D eigenvalue weighted by Crippen LogP contribution is -1.97. The summed E-state index contributed by atoms with van der Waals surface area (Å²) >= 11 is 0. The van der Waals surface area contributed by atoms with Crippen LogP contribution in [0.15, 0.2) is 24.3 Å². The molecule has 1 fully saturated rings. The van der Waals surface area contributed by atoms with Crippen molar-refractivity contribution in [2.75, 3.05) is 0 Å². The topological polar surface area (TPSA) is 0 Å². The minimum absolute atomic E-state index is 0.876. The van der Waals surface area contributed by atoms with Gasteiger partial charge in [-0.1, -0.05) is 69.2 Å². The molecule has 0 heterocycles. The predicted molar refractivity (Wildman–Crippen MR) is 85.3 cm³/mol. The van der Waals surface area contributed by atoms with Crippen molar-refractivity contribution >= 4 is 0 Å². The largest absolute Gasteiger partial charge is 0.0880 e. The maximum Gasteiger partial charge on any atom is -0.0234 e. The van der Waals surface area contributed by atoms with Gasteiger partial charge < -0.3 is 0 Å². The van der Waals surface area contributed by atoms with E-state index >= 15 is 0 Å². The molecule has 0 amide bonds. The van der Waals surface area contributed by atoms with Gasteiger partial charge in [-0.15, -0.1) is 0 Å². The summed E-state index contributed by atoms with van der Waals surface area (Å²) in [6.45, 7) is 0. The van der Waals surface area contributed by atoms with Crippen LogP contribution in [0.2, 0.25) is 0 Å². The van der Waals surface area contributed by atoms with Gasteiger partial charge >= 0.3 is 0 Å². The molecule has 2 atom stereocenters. The van der Waals surface area contributed by atoms with Crippen LogP contribution < -0.4 is 0 Å². The highest BCUT2D eigenvalue weighted by Gasteiger charge is 2.09. The second-order valence-electron chi connectivity index (χ2n) is 6.58. The van der Waals surface area contributed by atoms with E-state index in [9.17, 15) is 0 Å². The predicted octanol–water partition coefficient (Wildman–Crippen LogP) is 6.43. The van der Waals surface area contributed by atoms with Gasteiger partial charge in [-0.25, -0.2) is 0 Å². The summed E-state index contributed by atoms with van der Waals surface area (Å²) in [7, 11) is 0. The van der Waals surface area contributed by atoms with Crippen molar-refractivity contribution < 1.29 is 0 Å². The molecule has 2 aliphatic carbocycles. The number of allylic oxidation sites excluding steroid dienone is 4. The SMILES string of the molecule is C1=CC2CCCCCCC(C=CCC1)CCCCC2. The van der Waals surface area contributed by atoms with E-state index in [0.29, 0.717) is 0 Å². The third kappa shape index (κ3) is 6.45. The molecule has 0 aromatic rings. The Bertz CT molecular complexity index is 242. The van der Waals surface area contributed by atoms with Crippen LogP contribution in [-0.4, -0.2) is 0 Å². The van der Waals surface area contributed by atoms with Crippen molar-refractivity contribution in [1.82, 2.24) is 0 Å². The van der Waals surface area contributed by atoms with E-state index in [2.05, 4.69) is 24.3 Å². The fourth-order valence-corrected chi connectivity index (χ4v) is 3.60. The van der Waals surface area contributed by atoms with E-state index in [1.165, 1.54) is 83.5 Å². The molecular weight excluding hydrogens is 228 g/mol. The molecule has 2 aliphatic rings. The zero-order chi connectivity index (χ0) is 13.2. The minimum Gasteiger partial charge on any atom is -0.0880 e. The summed E-state index contributed by atoms with van der Waals surface area (Å²) in [5, 5.41) is 0. The molecular formula is C19H32. The lowest BCUT2D eigenvalue weighted by atomic mass is 9.94. The van der Waals surface area contributed by atoms with E-state index in [1.807, 2.05) is 0 Å². The molecule has 0 heteroatoms. The molecule has 2 bridgehead atoms. The number of fused-ring (bicyclic) bond motifs is 6. The standard InChI is InChI=1S/C19H32/c1-2-7-13-19-15-9-4-3-8-14-18(12-6-1)16-10-5-11-17-19/h6-7,12-13,18-19H,1-5,8-11,14-17H2. The van der Waals surface area contributed by atoms with Gasteiger partial charge in [0.2, 0.25) is 0 Å². The minimum atomic E-state index is 0.876. The first-order valence-electron chi connectivity index (χ1n) is 8.78. The van der Waals surface area contributed by atoms with E-state index in [4.69, 9.17) is 0 Å². The van der Waals surface area contributed by atoms with Crippen molar-refractivity contribution in [2.24, 2.45) is 11.8 Å². The highest BCUT2D eigenvalue weighted by molar-refractivity contribution is 4.94. The van der Waals surface area contributed by atoms with E-state index < -0.39 is 0 Å². The van der Waals surface area contributed by atoms with Crippen LogP contribution in [0, 0.1) is 11.8 Å². The first-order chi connectivity index (χ1) is 9.45. The van der Waals surface area contributed by atoms with Crippen LogP contribution >= 0.6 is 0 Å². The fourth-order valence-electron chi connectivity index (χ4n) is 3.60. The molecule has 108 valence electrons. The summed E-state index contributed by atoms with van der Waals surface area (Å²) < 4.78 is 0. The highest BCUT2D eigenvalue weighted by atomic mass is 14.1. The van der Waals surface area contributed by atoms with Gasteiger partial charge in [-0.2, -0.15) is 0 Å². The normalized spacial score (nSPS) is 31.2. The second kappa shape index (κ2) is 9.39. The molecule has 0 aliphatic heterocycles. The molecule has 19 heavy (non-hydrogen) atoms. The van der Waals surface area contributed by atoms with E-state index in [-0.39, 0.29) is 0 Å². The zero-order valence-electron chi connectivity index (χ0n) is 12.7. The van der Waals surface area contributed by atoms with Gasteiger partial charge in [-0.3, -0.25) is 0 Å². The molecule has 0 saturated heterocycles. The lowest BCUT2D eigenvalue weighted by molar-refractivity contribution is 0.470. The van der Waals surface area contributed by atoms with Gasteiger partial charge in [0.1, 0.15) is 0 Å². The Kier molecular flexibility index (Phi) is 7.36. The average Bonchev–Trinajstić information content (AvgIpc) is 2.46. The Morgan fingerprint density at radius 3 is 1.26 bits per heavy atom. The second-order valence-corrected chi connectivity index (χ2v) is 6.58. The Hall–Kier alpha value is -0.520. The van der Waals surface area contributed by atoms with Gasteiger partial charge in [0.15, 0.2) is 0 Å². The van der Waals surface area contributed by atoms with Gasteiger partial charge in [0.05, 0.1) is 0 Å². The molecule has 0 spiro atoms. The van der Waals surface area contributed by atoms with Crippen molar-refractivity contribution in [3.8, 4) is 0 Å². The van der Waals surface area contributed by atoms with Crippen molar-refractivity contribution in [3.63, 3.8) is 0 Å². The van der Waals surface area contributed by atoms with E-state index in [0.717, 1.165) is 11.8 Å². The average molecular weight is 260 g/mol. The first kappa shape index (κ1) is 14.9. The van der Waals surface area contributed by atoms with Gasteiger partial charge in [0.25, 0.3) is 0 Å². The third-order valence-electron chi connectivity index (χ3n) is 4.87. The quantitative estimate of drug-likeness (QED) is 0.440. The molecule has 2 unspecified atom stereocenters. The molecule has 0 aromatic heterocycles. The highest BCUT2D eigenvalue weighted by Crippen LogP contribution is 2.25. The van der Waals surface area contributed by atoms with Crippen molar-refractivity contribution in [1.29, 1.82) is 0 Å². The summed E-state index contributed by atoms with van der Waals surface area (Å²) in [5.74, 6) is 1.75. The summed E-state index contributed by atoms with van der Waals surface area (Å²) in [4.78, 5) is 0. The Morgan fingerprint density at radius 1 is 0.474 bits per heavy atom. The number of hydrogen-bond donors (Lipinski definition) is 0. The van der Waals surface area contributed by atoms with Crippen LogP contribution in [0.5, 0.6) is 0 Å². The maximum atomic E-state index is 2.54. The van der Waals surface area contributed by atoms with Crippen LogP contribution in [0.1, 0.15) is 83.5 Å². The monoisotopic (exact) mass is 260 g/mol. The fraction of sp³-hybridized carbons (Fsp3) is 0.789. The Balaban J connectivity index is 2.00. The molecule has 0 nitrogen and oxygen atoms in total. The summed E-state index contributed by atoms with van der Waals surface area (Å²) in [6, 6.07) is 0. The van der Waals surface area contributed by atoms with Gasteiger partial charge in [0, 0.05) is 0 Å². The van der Waals surface area contributed by atoms with Crippen LogP contribution in [0.3, 0.4) is 0 Å². The van der Waals surface area contributed by atoms with Crippen LogP contribution in [0.4, 0.5) is 0 Å². The Morgan fingerprint density at radius 2 is 0.842 bits per heavy atom. The Labute approximate surface area is 120 Å². The molecule has 1 saturated carbocycles. The number of rotatable bonds is 0. The maximum absolute atomic E-state index is 2.54. The lowest BCUT2D eigenvalue weighted by Gasteiger charge is -2.12. The summed E-state index contributed by atoms with van der Waals surface area (Å²) in [6.07, 6.45) is 28.4. The van der Waals surface area contributed by atoms with Crippen molar-refractivity contribution in [3.05, 3.63) is 24.3 Å². The van der Waals surface area contributed by atoms with Crippen LogP contribution in [0.25, 0.3) is 0 Å². The van der Waals surface area contributed by atoms with E-state index in [1.54, 1.807) is 0 Å². The smallest absolute Gasteiger partial charge is 0.0234 e. The third-order valence-corrected chi connectivity index (χ3v) is 4.87. The van der Waals surface area contributed by atoms with Crippen LogP contribution in [-0.2, 0) is 0 Å². The number of hydrogen-bond acceptors (Lipinski definition) is 0. The molecule has 0 radical (unpaired) electrons. The first-order valence-corrected chi connectivity index (χ1v) is 8.78.